The lowest BCUT2D eigenvalue weighted by molar-refractivity contribution is 1.14. The Kier molecular flexibility index (Phi) is 3.52. The molecule has 0 spiro atoms. The van der Waals surface area contributed by atoms with Crippen LogP contribution in [0, 0.1) is 6.92 Å². The average molecular weight is 280 g/mol. The SMILES string of the molecule is Cc1ccc(N)c(Cc2nc(-c3ccccc3)cs2)c1. The monoisotopic (exact) mass is 280 g/mol. The minimum atomic E-state index is 0.797. The lowest BCUT2D eigenvalue weighted by atomic mass is 10.1. The molecule has 2 nitrogen and oxygen atoms in total. The van der Waals surface area contributed by atoms with E-state index in [9.17, 15) is 0 Å². The second-order valence-electron chi connectivity index (χ2n) is 4.87. The van der Waals surface area contributed by atoms with Gasteiger partial charge in [-0.1, -0.05) is 48.0 Å². The van der Waals surface area contributed by atoms with E-state index in [0.717, 1.165) is 33.9 Å². The van der Waals surface area contributed by atoms with Crippen molar-refractivity contribution in [2.24, 2.45) is 0 Å². The maximum atomic E-state index is 6.03. The number of rotatable bonds is 3. The van der Waals surface area contributed by atoms with E-state index < -0.39 is 0 Å². The van der Waals surface area contributed by atoms with Crippen molar-refractivity contribution in [1.29, 1.82) is 0 Å². The molecule has 100 valence electrons. The molecule has 2 N–H and O–H groups in total. The van der Waals surface area contributed by atoms with Gasteiger partial charge in [-0.25, -0.2) is 4.98 Å². The normalized spacial score (nSPS) is 10.7. The molecule has 0 radical (unpaired) electrons. The van der Waals surface area contributed by atoms with E-state index in [1.54, 1.807) is 11.3 Å². The summed E-state index contributed by atoms with van der Waals surface area (Å²) < 4.78 is 0. The topological polar surface area (TPSA) is 38.9 Å². The number of aromatic nitrogens is 1. The molecule has 0 unspecified atom stereocenters. The summed E-state index contributed by atoms with van der Waals surface area (Å²) in [6, 6.07) is 16.4. The summed E-state index contributed by atoms with van der Waals surface area (Å²) in [5.74, 6) is 0. The molecule has 3 rings (SSSR count). The Morgan fingerprint density at radius 3 is 2.70 bits per heavy atom. The third-order valence-electron chi connectivity index (χ3n) is 3.26. The number of nitrogens with two attached hydrogens (primary N) is 1. The van der Waals surface area contributed by atoms with Gasteiger partial charge in [0.1, 0.15) is 0 Å². The highest BCUT2D eigenvalue weighted by Gasteiger charge is 2.07. The Morgan fingerprint density at radius 2 is 1.90 bits per heavy atom. The Balaban J connectivity index is 1.86. The molecule has 0 saturated carbocycles. The lowest BCUT2D eigenvalue weighted by Gasteiger charge is -2.04. The van der Waals surface area contributed by atoms with Crippen LogP contribution in [0.4, 0.5) is 5.69 Å². The van der Waals surface area contributed by atoms with Gasteiger partial charge in [-0.05, 0) is 18.6 Å². The predicted octanol–water partition coefficient (Wildman–Crippen LogP) is 4.29. The summed E-state index contributed by atoms with van der Waals surface area (Å²) in [6.45, 7) is 2.08. The molecule has 0 amide bonds. The van der Waals surface area contributed by atoms with E-state index in [4.69, 9.17) is 10.7 Å². The van der Waals surface area contributed by atoms with E-state index in [2.05, 4.69) is 30.5 Å². The van der Waals surface area contributed by atoms with Crippen LogP contribution in [0.1, 0.15) is 16.1 Å². The Hall–Kier alpha value is -2.13. The summed E-state index contributed by atoms with van der Waals surface area (Å²) in [6.07, 6.45) is 0.797. The van der Waals surface area contributed by atoms with Gasteiger partial charge in [0.15, 0.2) is 0 Å². The molecular weight excluding hydrogens is 264 g/mol. The van der Waals surface area contributed by atoms with Gasteiger partial charge in [-0.2, -0.15) is 0 Å². The van der Waals surface area contributed by atoms with Gasteiger partial charge >= 0.3 is 0 Å². The molecule has 1 heterocycles. The number of hydrogen-bond acceptors (Lipinski definition) is 3. The first-order valence-corrected chi connectivity index (χ1v) is 7.45. The molecule has 3 aromatic rings. The highest BCUT2D eigenvalue weighted by atomic mass is 32.1. The van der Waals surface area contributed by atoms with Crippen molar-refractivity contribution in [2.45, 2.75) is 13.3 Å². The predicted molar refractivity (Wildman–Crippen MR) is 85.9 cm³/mol. The second-order valence-corrected chi connectivity index (χ2v) is 5.81. The van der Waals surface area contributed by atoms with E-state index in [1.165, 1.54) is 5.56 Å². The van der Waals surface area contributed by atoms with Crippen molar-refractivity contribution in [3.63, 3.8) is 0 Å². The van der Waals surface area contributed by atoms with E-state index in [0.29, 0.717) is 0 Å². The zero-order valence-corrected chi connectivity index (χ0v) is 12.2. The van der Waals surface area contributed by atoms with Gasteiger partial charge in [0.05, 0.1) is 10.7 Å². The minimum absolute atomic E-state index is 0.797. The third-order valence-corrected chi connectivity index (χ3v) is 4.11. The average Bonchev–Trinajstić information content (AvgIpc) is 2.92. The highest BCUT2D eigenvalue weighted by Crippen LogP contribution is 2.25. The molecule has 0 bridgehead atoms. The van der Waals surface area contributed by atoms with Crippen molar-refractivity contribution < 1.29 is 0 Å². The number of nitrogens with zero attached hydrogens (tertiary/aromatic N) is 1. The standard InChI is InChI=1S/C17H16N2S/c1-12-7-8-15(18)14(9-12)10-17-19-16(11-20-17)13-5-3-2-4-6-13/h2-9,11H,10,18H2,1H3. The zero-order valence-electron chi connectivity index (χ0n) is 11.3. The minimum Gasteiger partial charge on any atom is -0.398 e. The first-order valence-electron chi connectivity index (χ1n) is 6.57. The van der Waals surface area contributed by atoms with Crippen LogP contribution in [0.3, 0.4) is 0 Å². The maximum Gasteiger partial charge on any atom is 0.0977 e. The van der Waals surface area contributed by atoms with Crippen LogP contribution in [0.25, 0.3) is 11.3 Å². The number of thiazole rings is 1. The number of nitrogen functional groups attached to an aromatic ring is 1. The van der Waals surface area contributed by atoms with Gasteiger partial charge in [-0.15, -0.1) is 11.3 Å². The van der Waals surface area contributed by atoms with Crippen LogP contribution in [0.2, 0.25) is 0 Å². The molecule has 0 aliphatic rings. The Labute approximate surface area is 122 Å². The summed E-state index contributed by atoms with van der Waals surface area (Å²) >= 11 is 1.69. The molecule has 0 saturated heterocycles. The summed E-state index contributed by atoms with van der Waals surface area (Å²) in [4.78, 5) is 4.71. The molecule has 20 heavy (non-hydrogen) atoms. The smallest absolute Gasteiger partial charge is 0.0977 e. The Bertz CT molecular complexity index is 717. The van der Waals surface area contributed by atoms with E-state index in [-0.39, 0.29) is 0 Å². The van der Waals surface area contributed by atoms with Crippen molar-refractivity contribution in [1.82, 2.24) is 4.98 Å². The van der Waals surface area contributed by atoms with Gasteiger partial charge in [0.2, 0.25) is 0 Å². The number of aryl methyl sites for hydroxylation is 1. The van der Waals surface area contributed by atoms with Crippen molar-refractivity contribution in [2.75, 3.05) is 5.73 Å². The number of hydrogen-bond donors (Lipinski definition) is 1. The molecule has 2 aromatic carbocycles. The first-order chi connectivity index (χ1) is 9.72. The molecule has 0 atom stereocenters. The molecule has 0 aliphatic heterocycles. The van der Waals surface area contributed by atoms with Crippen LogP contribution < -0.4 is 5.73 Å². The zero-order chi connectivity index (χ0) is 13.9. The number of anilines is 1. The van der Waals surface area contributed by atoms with Gasteiger partial charge < -0.3 is 5.73 Å². The Morgan fingerprint density at radius 1 is 1.10 bits per heavy atom. The lowest BCUT2D eigenvalue weighted by Crippen LogP contribution is -1.96. The molecular formula is C17H16N2S. The van der Waals surface area contributed by atoms with Crippen LogP contribution in [-0.4, -0.2) is 4.98 Å². The summed E-state index contributed by atoms with van der Waals surface area (Å²) in [7, 11) is 0. The third kappa shape index (κ3) is 2.73. The number of benzene rings is 2. The second kappa shape index (κ2) is 5.47. The van der Waals surface area contributed by atoms with Gasteiger partial charge in [-0.3, -0.25) is 0 Å². The van der Waals surface area contributed by atoms with Gasteiger partial charge in [0, 0.05) is 23.1 Å². The highest BCUT2D eigenvalue weighted by molar-refractivity contribution is 7.10. The summed E-state index contributed by atoms with van der Waals surface area (Å²) in [5, 5.41) is 3.21. The maximum absolute atomic E-state index is 6.03. The molecule has 3 heteroatoms. The fraction of sp³-hybridized carbons (Fsp3) is 0.118. The van der Waals surface area contributed by atoms with Gasteiger partial charge in [0.25, 0.3) is 0 Å². The van der Waals surface area contributed by atoms with Crippen molar-refractivity contribution in [3.8, 4) is 11.3 Å². The van der Waals surface area contributed by atoms with E-state index in [1.807, 2.05) is 30.3 Å². The van der Waals surface area contributed by atoms with E-state index >= 15 is 0 Å². The summed E-state index contributed by atoms with van der Waals surface area (Å²) in [5.41, 5.74) is 11.5. The van der Waals surface area contributed by atoms with Crippen LogP contribution in [0.5, 0.6) is 0 Å². The van der Waals surface area contributed by atoms with Crippen molar-refractivity contribution in [3.05, 3.63) is 70.0 Å². The van der Waals surface area contributed by atoms with Crippen LogP contribution >= 0.6 is 11.3 Å². The van der Waals surface area contributed by atoms with Crippen LogP contribution in [0.15, 0.2) is 53.9 Å². The fourth-order valence-corrected chi connectivity index (χ4v) is 3.01. The molecule has 0 fully saturated rings. The fourth-order valence-electron chi connectivity index (χ4n) is 2.18. The molecule has 0 aliphatic carbocycles. The largest absolute Gasteiger partial charge is 0.398 e. The van der Waals surface area contributed by atoms with Crippen LogP contribution in [-0.2, 0) is 6.42 Å². The first kappa shape index (κ1) is 12.9. The van der Waals surface area contributed by atoms with Crippen molar-refractivity contribution >= 4 is 17.0 Å². The molecule has 1 aromatic heterocycles. The quantitative estimate of drug-likeness (QED) is 0.727.